The number of para-hydroxylation sites is 1. The van der Waals surface area contributed by atoms with Crippen molar-refractivity contribution in [2.45, 2.75) is 13.0 Å². The van der Waals surface area contributed by atoms with Crippen LogP contribution in [-0.4, -0.2) is 52.5 Å². The lowest BCUT2D eigenvalue weighted by molar-refractivity contribution is 0.0365. The normalized spacial score (nSPS) is 15.2. The lowest BCUT2D eigenvalue weighted by atomic mass is 10.1. The maximum atomic E-state index is 5.64. The number of ether oxygens (including phenoxy) is 1. The molecule has 1 aliphatic heterocycles. The molecule has 0 radical (unpaired) electrons. The van der Waals surface area contributed by atoms with Crippen molar-refractivity contribution in [1.82, 2.24) is 19.6 Å². The molecule has 0 N–H and O–H groups in total. The molecule has 0 aliphatic carbocycles. The van der Waals surface area contributed by atoms with Gasteiger partial charge in [-0.05, 0) is 11.6 Å². The van der Waals surface area contributed by atoms with E-state index in [1.165, 1.54) is 11.1 Å². The average molecular weight is 388 g/mol. The number of aromatic nitrogens is 3. The zero-order chi connectivity index (χ0) is 19.5. The molecule has 0 saturated carbocycles. The molecule has 29 heavy (non-hydrogen) atoms. The molecule has 1 saturated heterocycles. The van der Waals surface area contributed by atoms with Gasteiger partial charge < -0.3 is 13.8 Å². The smallest absolute Gasteiger partial charge is 0.260 e. The topological polar surface area (TPSA) is 56.3 Å². The fourth-order valence-corrected chi connectivity index (χ4v) is 3.89. The minimum absolute atomic E-state index is 0.581. The monoisotopic (exact) mass is 388 g/mol. The molecular weight excluding hydrogens is 364 g/mol. The first-order valence-corrected chi connectivity index (χ1v) is 10.1. The highest BCUT2D eigenvalue weighted by Gasteiger charge is 2.17. The highest BCUT2D eigenvalue weighted by Crippen LogP contribution is 2.30. The Bertz CT molecular complexity index is 1080. The van der Waals surface area contributed by atoms with E-state index in [4.69, 9.17) is 9.26 Å². The van der Waals surface area contributed by atoms with Gasteiger partial charge in [-0.15, -0.1) is 0 Å². The first-order chi connectivity index (χ1) is 14.4. The minimum Gasteiger partial charge on any atom is -0.379 e. The number of nitrogens with zero attached hydrogens (tertiary/aromatic N) is 4. The second-order valence-electron chi connectivity index (χ2n) is 7.39. The van der Waals surface area contributed by atoms with Crippen LogP contribution in [0.1, 0.15) is 11.4 Å². The summed E-state index contributed by atoms with van der Waals surface area (Å²) in [7, 11) is 0. The van der Waals surface area contributed by atoms with Gasteiger partial charge in [0.15, 0.2) is 5.82 Å². The summed E-state index contributed by atoms with van der Waals surface area (Å²) in [5.41, 5.74) is 3.36. The van der Waals surface area contributed by atoms with Gasteiger partial charge in [0, 0.05) is 49.7 Å². The van der Waals surface area contributed by atoms with Gasteiger partial charge in [0.1, 0.15) is 0 Å². The Morgan fingerprint density at radius 2 is 1.69 bits per heavy atom. The first-order valence-electron chi connectivity index (χ1n) is 10.1. The number of hydrogen-bond acceptors (Lipinski definition) is 5. The van der Waals surface area contributed by atoms with Crippen molar-refractivity contribution in [3.05, 3.63) is 72.2 Å². The molecule has 2 aromatic heterocycles. The average Bonchev–Trinajstić information content (AvgIpc) is 3.38. The summed E-state index contributed by atoms with van der Waals surface area (Å²) < 4.78 is 13.4. The Morgan fingerprint density at radius 3 is 2.55 bits per heavy atom. The van der Waals surface area contributed by atoms with Crippen molar-refractivity contribution < 1.29 is 9.26 Å². The highest BCUT2D eigenvalue weighted by atomic mass is 16.5. The third-order valence-corrected chi connectivity index (χ3v) is 5.45. The maximum Gasteiger partial charge on any atom is 0.260 e. The summed E-state index contributed by atoms with van der Waals surface area (Å²) in [4.78, 5) is 7.12. The van der Waals surface area contributed by atoms with Gasteiger partial charge in [-0.1, -0.05) is 53.7 Å². The van der Waals surface area contributed by atoms with E-state index in [-0.39, 0.29) is 0 Å². The molecular formula is C23H24N4O2. The predicted molar refractivity (Wildman–Crippen MR) is 112 cm³/mol. The van der Waals surface area contributed by atoms with Crippen LogP contribution in [0.3, 0.4) is 0 Å². The molecule has 0 bridgehead atoms. The molecule has 1 fully saturated rings. The van der Waals surface area contributed by atoms with Crippen LogP contribution in [-0.2, 0) is 17.7 Å². The van der Waals surface area contributed by atoms with Crippen molar-refractivity contribution in [2.75, 3.05) is 32.8 Å². The summed E-state index contributed by atoms with van der Waals surface area (Å²) in [6.45, 7) is 5.57. The van der Waals surface area contributed by atoms with Crippen molar-refractivity contribution in [3.63, 3.8) is 0 Å². The number of fused-ring (bicyclic) bond motifs is 1. The lowest BCUT2D eigenvalue weighted by Crippen LogP contribution is -2.38. The zero-order valence-corrected chi connectivity index (χ0v) is 16.3. The predicted octanol–water partition coefficient (Wildman–Crippen LogP) is 3.61. The van der Waals surface area contributed by atoms with Gasteiger partial charge in [0.25, 0.3) is 5.89 Å². The van der Waals surface area contributed by atoms with Gasteiger partial charge in [0.05, 0.1) is 18.8 Å². The summed E-state index contributed by atoms with van der Waals surface area (Å²) in [6, 6.07) is 18.6. The van der Waals surface area contributed by atoms with Crippen LogP contribution in [0.2, 0.25) is 0 Å². The number of benzene rings is 2. The SMILES string of the molecule is c1ccc(Cc2noc(-c3cn(CCN4CCOCC4)c4ccccc34)n2)cc1. The number of hydrogen-bond donors (Lipinski definition) is 0. The van der Waals surface area contributed by atoms with E-state index in [0.29, 0.717) is 18.1 Å². The van der Waals surface area contributed by atoms with Crippen LogP contribution >= 0.6 is 0 Å². The molecule has 4 aromatic rings. The standard InChI is InChI=1S/C23H24N4O2/c1-2-6-18(7-3-1)16-22-24-23(29-25-22)20-17-27(21-9-5-4-8-19(20)21)11-10-26-12-14-28-15-13-26/h1-9,17H,10-16H2. The molecule has 148 valence electrons. The van der Waals surface area contributed by atoms with E-state index in [9.17, 15) is 0 Å². The van der Waals surface area contributed by atoms with Crippen LogP contribution in [0.5, 0.6) is 0 Å². The zero-order valence-electron chi connectivity index (χ0n) is 16.3. The highest BCUT2D eigenvalue weighted by molar-refractivity contribution is 5.94. The van der Waals surface area contributed by atoms with Crippen molar-refractivity contribution in [2.24, 2.45) is 0 Å². The molecule has 3 heterocycles. The van der Waals surface area contributed by atoms with Crippen molar-refractivity contribution in [1.29, 1.82) is 0 Å². The summed E-state index contributed by atoms with van der Waals surface area (Å²) in [5, 5.41) is 5.35. The third kappa shape index (κ3) is 3.95. The van der Waals surface area contributed by atoms with Crippen molar-refractivity contribution in [3.8, 4) is 11.5 Å². The van der Waals surface area contributed by atoms with Gasteiger partial charge in [-0.3, -0.25) is 4.90 Å². The van der Waals surface area contributed by atoms with E-state index in [1.807, 2.05) is 18.2 Å². The van der Waals surface area contributed by atoms with Crippen LogP contribution in [0.25, 0.3) is 22.4 Å². The fraction of sp³-hybridized carbons (Fsp3) is 0.304. The summed E-state index contributed by atoms with van der Waals surface area (Å²) in [6.07, 6.45) is 2.81. The quantitative estimate of drug-likeness (QED) is 0.505. The second kappa shape index (κ2) is 8.19. The van der Waals surface area contributed by atoms with Gasteiger partial charge in [0.2, 0.25) is 0 Å². The van der Waals surface area contributed by atoms with Crippen LogP contribution in [0, 0.1) is 0 Å². The molecule has 6 heteroatoms. The van der Waals surface area contributed by atoms with E-state index in [1.54, 1.807) is 0 Å². The first kappa shape index (κ1) is 18.1. The Balaban J connectivity index is 1.40. The molecule has 6 nitrogen and oxygen atoms in total. The Hall–Kier alpha value is -2.96. The second-order valence-corrected chi connectivity index (χ2v) is 7.39. The van der Waals surface area contributed by atoms with E-state index in [2.05, 4.69) is 62.2 Å². The largest absolute Gasteiger partial charge is 0.379 e. The minimum atomic E-state index is 0.581. The third-order valence-electron chi connectivity index (χ3n) is 5.45. The molecule has 2 aromatic carbocycles. The summed E-state index contributed by atoms with van der Waals surface area (Å²) in [5.74, 6) is 1.29. The van der Waals surface area contributed by atoms with Crippen LogP contribution in [0.4, 0.5) is 0 Å². The van der Waals surface area contributed by atoms with Crippen LogP contribution in [0.15, 0.2) is 65.3 Å². The Morgan fingerprint density at radius 1 is 0.897 bits per heavy atom. The number of rotatable bonds is 6. The molecule has 0 amide bonds. The van der Waals surface area contributed by atoms with E-state index in [0.717, 1.165) is 50.3 Å². The van der Waals surface area contributed by atoms with E-state index >= 15 is 0 Å². The molecule has 0 spiro atoms. The number of morpholine rings is 1. The fourth-order valence-electron chi connectivity index (χ4n) is 3.89. The van der Waals surface area contributed by atoms with E-state index < -0.39 is 0 Å². The van der Waals surface area contributed by atoms with Gasteiger partial charge in [-0.25, -0.2) is 0 Å². The molecule has 1 aliphatic rings. The lowest BCUT2D eigenvalue weighted by Gasteiger charge is -2.26. The van der Waals surface area contributed by atoms with Gasteiger partial charge >= 0.3 is 0 Å². The van der Waals surface area contributed by atoms with Gasteiger partial charge in [-0.2, -0.15) is 4.98 Å². The maximum absolute atomic E-state index is 5.64. The molecule has 0 unspecified atom stereocenters. The Labute approximate surface area is 169 Å². The van der Waals surface area contributed by atoms with Crippen molar-refractivity contribution >= 4 is 10.9 Å². The Kier molecular flexibility index (Phi) is 5.11. The molecule has 5 rings (SSSR count). The molecule has 0 atom stereocenters. The summed E-state index contributed by atoms with van der Waals surface area (Å²) >= 11 is 0. The van der Waals surface area contributed by atoms with Crippen LogP contribution < -0.4 is 0 Å².